The summed E-state index contributed by atoms with van der Waals surface area (Å²) in [4.78, 5) is 18.8. The van der Waals surface area contributed by atoms with Gasteiger partial charge in [-0.1, -0.05) is 18.2 Å². The molecular weight excluding hydrogens is 330 g/mol. The molecule has 0 spiro atoms. The first kappa shape index (κ1) is 16.6. The second-order valence-electron chi connectivity index (χ2n) is 7.05. The number of likely N-dealkylation sites (tertiary alicyclic amines) is 1. The van der Waals surface area contributed by atoms with Crippen molar-refractivity contribution >= 4 is 22.9 Å². The molecule has 2 aromatic rings. The van der Waals surface area contributed by atoms with Crippen LogP contribution in [0.5, 0.6) is 0 Å². The van der Waals surface area contributed by atoms with Gasteiger partial charge in [0.1, 0.15) is 0 Å². The summed E-state index contributed by atoms with van der Waals surface area (Å²) in [5.74, 6) is 0.275. The van der Waals surface area contributed by atoms with Crippen LogP contribution in [0.15, 0.2) is 41.8 Å². The van der Waals surface area contributed by atoms with E-state index in [0.29, 0.717) is 6.04 Å². The zero-order valence-electron chi connectivity index (χ0n) is 14.6. The fraction of sp³-hybridized carbons (Fsp3) is 0.450. The summed E-state index contributed by atoms with van der Waals surface area (Å²) in [7, 11) is 0. The van der Waals surface area contributed by atoms with Gasteiger partial charge in [0, 0.05) is 42.8 Å². The number of nitrogens with zero attached hydrogens (tertiary/aromatic N) is 2. The first-order valence-electron chi connectivity index (χ1n) is 9.10. The Morgan fingerprint density at radius 1 is 1.24 bits per heavy atom. The highest BCUT2D eigenvalue weighted by molar-refractivity contribution is 7.10. The maximum Gasteiger partial charge on any atom is 0.239 e. The van der Waals surface area contributed by atoms with E-state index in [1.165, 1.54) is 10.4 Å². The lowest BCUT2D eigenvalue weighted by Gasteiger charge is -2.32. The van der Waals surface area contributed by atoms with E-state index in [4.69, 9.17) is 0 Å². The first-order valence-corrected chi connectivity index (χ1v) is 9.98. The lowest BCUT2D eigenvalue weighted by molar-refractivity contribution is -0.137. The zero-order valence-corrected chi connectivity index (χ0v) is 15.5. The van der Waals surface area contributed by atoms with E-state index < -0.39 is 0 Å². The fourth-order valence-electron chi connectivity index (χ4n) is 3.88. The molecule has 1 aromatic carbocycles. The summed E-state index contributed by atoms with van der Waals surface area (Å²) in [6.07, 6.45) is 2.09. The largest absolute Gasteiger partial charge is 0.381 e. The molecule has 2 aliphatic rings. The number of hydrogen-bond donors (Lipinski definition) is 1. The topological polar surface area (TPSA) is 35.6 Å². The van der Waals surface area contributed by atoms with Gasteiger partial charge in [0.15, 0.2) is 0 Å². The fourth-order valence-corrected chi connectivity index (χ4v) is 4.77. The third-order valence-corrected chi connectivity index (χ3v) is 6.41. The molecule has 2 atom stereocenters. The number of thiophene rings is 1. The van der Waals surface area contributed by atoms with Crippen LogP contribution in [-0.4, -0.2) is 47.4 Å². The third-order valence-electron chi connectivity index (χ3n) is 5.39. The molecule has 4 nitrogen and oxygen atoms in total. The van der Waals surface area contributed by atoms with Crippen molar-refractivity contribution in [2.24, 2.45) is 0 Å². The van der Waals surface area contributed by atoms with Crippen LogP contribution >= 0.6 is 11.3 Å². The Labute approximate surface area is 153 Å². The van der Waals surface area contributed by atoms with Crippen molar-refractivity contribution in [2.75, 3.05) is 25.0 Å². The number of para-hydroxylation sites is 1. The van der Waals surface area contributed by atoms with E-state index in [0.717, 1.165) is 44.7 Å². The van der Waals surface area contributed by atoms with Gasteiger partial charge in [-0.2, -0.15) is 0 Å². The van der Waals surface area contributed by atoms with Gasteiger partial charge in [-0.15, -0.1) is 11.3 Å². The minimum atomic E-state index is -0.0391. The maximum absolute atomic E-state index is 12.9. The number of amides is 1. The normalized spacial score (nSPS) is 21.8. The summed E-state index contributed by atoms with van der Waals surface area (Å²) in [6.45, 7) is 5.61. The standard InChI is InChI=1S/C20H25N3OS/c1-15(20(24)23-11-8-19-16(13-23)9-12-25-19)22-10-7-18(14-22)21-17-5-3-2-4-6-17/h2-6,9,12,15,18,21H,7-8,10-11,13-14H2,1H3. The van der Waals surface area contributed by atoms with Crippen molar-refractivity contribution < 1.29 is 4.79 Å². The van der Waals surface area contributed by atoms with Gasteiger partial charge in [-0.3, -0.25) is 9.69 Å². The van der Waals surface area contributed by atoms with Crippen molar-refractivity contribution in [3.8, 4) is 0 Å². The van der Waals surface area contributed by atoms with Crippen LogP contribution in [0.2, 0.25) is 0 Å². The summed E-state index contributed by atoms with van der Waals surface area (Å²) < 4.78 is 0. The van der Waals surface area contributed by atoms with E-state index >= 15 is 0 Å². The predicted octanol–water partition coefficient (Wildman–Crippen LogP) is 3.21. The Morgan fingerprint density at radius 2 is 2.08 bits per heavy atom. The molecule has 0 aliphatic carbocycles. The number of carbonyl (C=O) groups excluding carboxylic acids is 1. The summed E-state index contributed by atoms with van der Waals surface area (Å²) >= 11 is 1.82. The molecule has 4 rings (SSSR count). The summed E-state index contributed by atoms with van der Waals surface area (Å²) in [6, 6.07) is 12.9. The molecule has 2 aliphatic heterocycles. The van der Waals surface area contributed by atoms with Crippen LogP contribution in [0.25, 0.3) is 0 Å². The molecule has 0 bridgehead atoms. The average molecular weight is 356 g/mol. The minimum Gasteiger partial charge on any atom is -0.381 e. The lowest BCUT2D eigenvalue weighted by Crippen LogP contribution is -2.48. The Hall–Kier alpha value is -1.85. The first-order chi connectivity index (χ1) is 12.2. The van der Waals surface area contributed by atoms with Gasteiger partial charge in [-0.05, 0) is 48.9 Å². The van der Waals surface area contributed by atoms with Crippen LogP contribution < -0.4 is 5.32 Å². The highest BCUT2D eigenvalue weighted by Gasteiger charge is 2.33. The molecule has 132 valence electrons. The monoisotopic (exact) mass is 355 g/mol. The summed E-state index contributed by atoms with van der Waals surface area (Å²) in [5.41, 5.74) is 2.50. The third kappa shape index (κ3) is 3.58. The van der Waals surface area contributed by atoms with Gasteiger partial charge in [0.25, 0.3) is 0 Å². The van der Waals surface area contributed by atoms with Crippen LogP contribution in [0.3, 0.4) is 0 Å². The molecule has 0 radical (unpaired) electrons. The van der Waals surface area contributed by atoms with Gasteiger partial charge in [0.2, 0.25) is 5.91 Å². The highest BCUT2D eigenvalue weighted by Crippen LogP contribution is 2.25. The minimum absolute atomic E-state index is 0.0391. The van der Waals surface area contributed by atoms with Crippen LogP contribution in [0, 0.1) is 0 Å². The maximum atomic E-state index is 12.9. The molecule has 0 saturated carbocycles. The number of rotatable bonds is 4. The summed E-state index contributed by atoms with van der Waals surface area (Å²) in [5, 5.41) is 5.73. The lowest BCUT2D eigenvalue weighted by atomic mass is 10.1. The Kier molecular flexibility index (Phi) is 4.77. The van der Waals surface area contributed by atoms with E-state index in [1.807, 2.05) is 22.3 Å². The van der Waals surface area contributed by atoms with Crippen molar-refractivity contribution in [1.29, 1.82) is 0 Å². The predicted molar refractivity (Wildman–Crippen MR) is 103 cm³/mol. The van der Waals surface area contributed by atoms with Crippen molar-refractivity contribution in [2.45, 2.75) is 38.4 Å². The van der Waals surface area contributed by atoms with Crippen molar-refractivity contribution in [3.05, 3.63) is 52.2 Å². The van der Waals surface area contributed by atoms with E-state index in [9.17, 15) is 4.79 Å². The van der Waals surface area contributed by atoms with E-state index in [2.05, 4.69) is 52.9 Å². The number of benzene rings is 1. The Balaban J connectivity index is 1.34. The number of anilines is 1. The molecule has 1 aromatic heterocycles. The highest BCUT2D eigenvalue weighted by atomic mass is 32.1. The quantitative estimate of drug-likeness (QED) is 0.915. The zero-order chi connectivity index (χ0) is 17.2. The van der Waals surface area contributed by atoms with Crippen LogP contribution in [0.4, 0.5) is 5.69 Å². The van der Waals surface area contributed by atoms with Gasteiger partial charge >= 0.3 is 0 Å². The number of carbonyl (C=O) groups is 1. The van der Waals surface area contributed by atoms with Crippen molar-refractivity contribution in [3.63, 3.8) is 0 Å². The van der Waals surface area contributed by atoms with Crippen LogP contribution in [0.1, 0.15) is 23.8 Å². The van der Waals surface area contributed by atoms with E-state index in [-0.39, 0.29) is 11.9 Å². The van der Waals surface area contributed by atoms with Gasteiger partial charge < -0.3 is 10.2 Å². The Bertz CT molecular complexity index is 730. The second kappa shape index (κ2) is 7.18. The molecule has 1 fully saturated rings. The molecule has 1 saturated heterocycles. The second-order valence-corrected chi connectivity index (χ2v) is 8.05. The Morgan fingerprint density at radius 3 is 2.92 bits per heavy atom. The van der Waals surface area contributed by atoms with E-state index in [1.54, 1.807) is 0 Å². The molecule has 3 heterocycles. The molecule has 1 N–H and O–H groups in total. The van der Waals surface area contributed by atoms with Crippen molar-refractivity contribution in [1.82, 2.24) is 9.80 Å². The molecule has 1 amide bonds. The van der Waals surface area contributed by atoms with Gasteiger partial charge in [-0.25, -0.2) is 0 Å². The molecular formula is C20H25N3OS. The number of nitrogens with one attached hydrogen (secondary N) is 1. The molecule has 2 unspecified atom stereocenters. The molecule has 25 heavy (non-hydrogen) atoms. The van der Waals surface area contributed by atoms with Gasteiger partial charge in [0.05, 0.1) is 6.04 Å². The average Bonchev–Trinajstić information content (AvgIpc) is 3.30. The van der Waals surface area contributed by atoms with Crippen LogP contribution in [-0.2, 0) is 17.8 Å². The molecule has 5 heteroatoms. The smallest absolute Gasteiger partial charge is 0.239 e. The number of fused-ring (bicyclic) bond motifs is 1. The SMILES string of the molecule is CC(C(=O)N1CCc2sccc2C1)N1CCC(Nc2ccccc2)C1. The number of hydrogen-bond acceptors (Lipinski definition) is 4.